The van der Waals surface area contributed by atoms with Crippen LogP contribution in [-0.4, -0.2) is 36.9 Å². The maximum Gasteiger partial charge on any atom is 0.196 e. The number of carbonyl (C=O) groups excluding carboxylic acids is 1. The average molecular weight is 472 g/mol. The first kappa shape index (κ1) is 20.8. The van der Waals surface area contributed by atoms with E-state index in [1.165, 1.54) is 17.0 Å². The summed E-state index contributed by atoms with van der Waals surface area (Å²) < 4.78 is 0. The molecule has 1 aromatic heterocycles. The minimum Gasteiger partial charge on any atom is -0.390 e. The van der Waals surface area contributed by atoms with Crippen LogP contribution in [0.1, 0.15) is 21.5 Å². The Balaban J connectivity index is 1.26. The van der Waals surface area contributed by atoms with Crippen molar-refractivity contribution in [1.82, 2.24) is 4.90 Å². The van der Waals surface area contributed by atoms with E-state index >= 15 is 0 Å². The third-order valence-corrected chi connectivity index (χ3v) is 7.74. The van der Waals surface area contributed by atoms with E-state index in [0.717, 1.165) is 43.3 Å². The number of carbonyl (C=O) groups is 1. The van der Waals surface area contributed by atoms with Gasteiger partial charge in [0.2, 0.25) is 0 Å². The highest BCUT2D eigenvalue weighted by Crippen LogP contribution is 2.36. The van der Waals surface area contributed by atoms with Crippen molar-refractivity contribution >= 4 is 51.0 Å². The van der Waals surface area contributed by atoms with E-state index in [1.54, 1.807) is 24.3 Å². The number of likely N-dealkylation sites (tertiary alicyclic amines) is 1. The van der Waals surface area contributed by atoms with Gasteiger partial charge in [-0.1, -0.05) is 23.2 Å². The zero-order valence-corrected chi connectivity index (χ0v) is 19.3. The second kappa shape index (κ2) is 8.47. The zero-order chi connectivity index (χ0) is 21.5. The Labute approximate surface area is 196 Å². The molecule has 0 saturated carbocycles. The molecule has 2 aromatic carbocycles. The number of rotatable bonds is 5. The summed E-state index contributed by atoms with van der Waals surface area (Å²) in [6.07, 6.45) is 0. The van der Waals surface area contributed by atoms with E-state index < -0.39 is 0 Å². The Bertz CT molecular complexity index is 1080. The van der Waals surface area contributed by atoms with Gasteiger partial charge >= 0.3 is 0 Å². The predicted molar refractivity (Wildman–Crippen MR) is 130 cm³/mol. The molecule has 2 fully saturated rings. The lowest BCUT2D eigenvalue weighted by Crippen LogP contribution is -2.28. The fourth-order valence-corrected chi connectivity index (χ4v) is 5.91. The average Bonchev–Trinajstić information content (AvgIpc) is 3.42. The smallest absolute Gasteiger partial charge is 0.196 e. The van der Waals surface area contributed by atoms with Crippen LogP contribution < -0.4 is 10.6 Å². The molecule has 31 heavy (non-hydrogen) atoms. The van der Waals surface area contributed by atoms with Gasteiger partial charge in [0.05, 0.1) is 10.6 Å². The topological polar surface area (TPSA) is 49.6 Å². The summed E-state index contributed by atoms with van der Waals surface area (Å²) in [4.78, 5) is 18.0. The number of nitrogens with two attached hydrogens (primary N) is 1. The van der Waals surface area contributed by atoms with Crippen molar-refractivity contribution in [2.45, 2.75) is 6.54 Å². The normalized spacial score (nSPS) is 20.9. The number of halogens is 2. The number of nitrogens with zero attached hydrogens (tertiary/aromatic N) is 2. The van der Waals surface area contributed by atoms with Crippen LogP contribution in [0.5, 0.6) is 0 Å². The summed E-state index contributed by atoms with van der Waals surface area (Å²) in [5, 5.41) is 4.01. The highest BCUT2D eigenvalue weighted by molar-refractivity contribution is 7.14. The number of thiophene rings is 1. The third-order valence-electron chi connectivity index (χ3n) is 6.38. The van der Waals surface area contributed by atoms with Crippen LogP contribution in [0, 0.1) is 11.8 Å². The summed E-state index contributed by atoms with van der Waals surface area (Å²) in [7, 11) is 0. The molecule has 2 N–H and O–H groups in total. The van der Waals surface area contributed by atoms with Gasteiger partial charge in [-0.2, -0.15) is 0 Å². The molecule has 2 saturated heterocycles. The summed E-state index contributed by atoms with van der Waals surface area (Å²) in [6.45, 7) is 4.96. The lowest BCUT2D eigenvalue weighted by Gasteiger charge is -2.23. The Morgan fingerprint density at radius 1 is 0.935 bits per heavy atom. The maximum atomic E-state index is 13.1. The lowest BCUT2D eigenvalue weighted by atomic mass is 10.0. The van der Waals surface area contributed by atoms with Crippen LogP contribution in [0.3, 0.4) is 0 Å². The number of ketones is 1. The lowest BCUT2D eigenvalue weighted by molar-refractivity contribution is 0.103. The first-order valence-corrected chi connectivity index (χ1v) is 12.0. The molecule has 160 valence electrons. The largest absolute Gasteiger partial charge is 0.390 e. The number of nitrogen functional groups attached to an aromatic ring is 1. The molecule has 0 bridgehead atoms. The molecule has 2 aliphatic heterocycles. The second-order valence-corrected chi connectivity index (χ2v) is 10.2. The minimum absolute atomic E-state index is 0.0290. The van der Waals surface area contributed by atoms with Gasteiger partial charge in [0.25, 0.3) is 0 Å². The van der Waals surface area contributed by atoms with E-state index in [-0.39, 0.29) is 5.78 Å². The maximum absolute atomic E-state index is 13.1. The fraction of sp³-hybridized carbons (Fsp3) is 0.292. The summed E-state index contributed by atoms with van der Waals surface area (Å²) >= 11 is 13.4. The van der Waals surface area contributed by atoms with Crippen LogP contribution in [0.15, 0.2) is 53.9 Å². The monoisotopic (exact) mass is 471 g/mol. The molecular formula is C24H23Cl2N3OS. The van der Waals surface area contributed by atoms with Crippen molar-refractivity contribution < 1.29 is 4.79 Å². The van der Waals surface area contributed by atoms with Gasteiger partial charge in [0, 0.05) is 54.0 Å². The van der Waals surface area contributed by atoms with Crippen molar-refractivity contribution in [1.29, 1.82) is 0 Å². The Hall–Kier alpha value is -2.05. The number of anilines is 2. The Morgan fingerprint density at radius 2 is 1.52 bits per heavy atom. The van der Waals surface area contributed by atoms with Crippen molar-refractivity contribution in [3.8, 4) is 0 Å². The van der Waals surface area contributed by atoms with E-state index in [1.807, 2.05) is 17.5 Å². The summed E-state index contributed by atoms with van der Waals surface area (Å²) in [5.74, 6) is 1.25. The molecule has 3 aromatic rings. The van der Waals surface area contributed by atoms with Gasteiger partial charge < -0.3 is 10.6 Å². The summed E-state index contributed by atoms with van der Waals surface area (Å²) in [6, 6.07) is 15.1. The third kappa shape index (κ3) is 4.20. The molecule has 0 spiro atoms. The van der Waals surface area contributed by atoms with Crippen LogP contribution in [-0.2, 0) is 6.54 Å². The molecular weight excluding hydrogens is 449 g/mol. The highest BCUT2D eigenvalue weighted by Gasteiger charge is 2.40. The molecule has 2 unspecified atom stereocenters. The van der Waals surface area contributed by atoms with Gasteiger partial charge in [0.15, 0.2) is 5.78 Å². The van der Waals surface area contributed by atoms with E-state index in [4.69, 9.17) is 28.9 Å². The molecule has 2 atom stereocenters. The van der Waals surface area contributed by atoms with Crippen LogP contribution in [0.2, 0.25) is 10.0 Å². The van der Waals surface area contributed by atoms with Gasteiger partial charge in [0.1, 0.15) is 0 Å². The van der Waals surface area contributed by atoms with Crippen LogP contribution >= 0.6 is 34.5 Å². The van der Waals surface area contributed by atoms with Gasteiger partial charge in [-0.3, -0.25) is 9.69 Å². The first-order valence-electron chi connectivity index (χ1n) is 10.4. The molecule has 5 rings (SSSR count). The number of fused-ring (bicyclic) bond motifs is 1. The summed E-state index contributed by atoms with van der Waals surface area (Å²) in [5.41, 5.74) is 9.74. The number of hydrogen-bond acceptors (Lipinski definition) is 5. The van der Waals surface area contributed by atoms with Gasteiger partial charge in [-0.15, -0.1) is 11.3 Å². The van der Waals surface area contributed by atoms with Gasteiger partial charge in [-0.25, -0.2) is 0 Å². The molecule has 0 amide bonds. The fourth-order valence-electron chi connectivity index (χ4n) is 4.85. The van der Waals surface area contributed by atoms with Crippen molar-refractivity contribution in [2.75, 3.05) is 36.8 Å². The number of hydrogen-bond donors (Lipinski definition) is 1. The molecule has 7 heteroatoms. The molecule has 0 radical (unpaired) electrons. The molecule has 3 heterocycles. The highest BCUT2D eigenvalue weighted by atomic mass is 35.5. The Kier molecular flexibility index (Phi) is 5.69. The molecule has 0 aliphatic carbocycles. The first-order chi connectivity index (χ1) is 15.0. The SMILES string of the molecule is Nc1scc(CN2CC3CN(c4ccc(Cl)cc4)CC3C2)c1C(=O)c1ccc(Cl)cc1. The number of benzene rings is 2. The van der Waals surface area contributed by atoms with E-state index in [2.05, 4.69) is 21.9 Å². The zero-order valence-electron chi connectivity index (χ0n) is 16.9. The van der Waals surface area contributed by atoms with Crippen LogP contribution in [0.4, 0.5) is 10.7 Å². The van der Waals surface area contributed by atoms with E-state index in [9.17, 15) is 4.79 Å². The van der Waals surface area contributed by atoms with Gasteiger partial charge in [-0.05, 0) is 71.3 Å². The Morgan fingerprint density at radius 3 is 2.13 bits per heavy atom. The van der Waals surface area contributed by atoms with E-state index in [0.29, 0.717) is 33.0 Å². The standard InChI is InChI=1S/C24H23Cl2N3OS/c25-19-3-1-15(2-4-19)23(30)22-18(14-31-24(22)27)11-28-9-16-12-29(13-17(16)10-28)21-7-5-20(26)6-8-21/h1-8,14,16-17H,9-13,27H2. The predicted octanol–water partition coefficient (Wildman–Crippen LogP) is 5.44. The minimum atomic E-state index is -0.0290. The second-order valence-electron chi connectivity index (χ2n) is 8.43. The van der Waals surface area contributed by atoms with Crippen molar-refractivity contribution in [2.24, 2.45) is 11.8 Å². The van der Waals surface area contributed by atoms with Crippen molar-refractivity contribution in [3.05, 3.63) is 80.6 Å². The quantitative estimate of drug-likeness (QED) is 0.503. The van der Waals surface area contributed by atoms with Crippen molar-refractivity contribution in [3.63, 3.8) is 0 Å². The molecule has 2 aliphatic rings. The van der Waals surface area contributed by atoms with Crippen LogP contribution in [0.25, 0.3) is 0 Å². The molecule has 4 nitrogen and oxygen atoms in total.